The Morgan fingerprint density at radius 3 is 2.72 bits per heavy atom. The Morgan fingerprint density at radius 1 is 1.22 bits per heavy atom. The van der Waals surface area contributed by atoms with E-state index in [1.807, 2.05) is 13.8 Å². The second-order valence-corrected chi connectivity index (χ2v) is 6.21. The van der Waals surface area contributed by atoms with E-state index in [-0.39, 0.29) is 0 Å². The lowest BCUT2D eigenvalue weighted by Gasteiger charge is -2.22. The van der Waals surface area contributed by atoms with Gasteiger partial charge in [-0.25, -0.2) is 9.97 Å². The van der Waals surface area contributed by atoms with E-state index in [9.17, 15) is 0 Å². The van der Waals surface area contributed by atoms with Gasteiger partial charge >= 0.3 is 0 Å². The Balaban J connectivity index is 1.66. The molecule has 98 valence electrons. The van der Waals surface area contributed by atoms with Crippen molar-refractivity contribution in [3.63, 3.8) is 0 Å². The van der Waals surface area contributed by atoms with Gasteiger partial charge in [-0.2, -0.15) is 0 Å². The van der Waals surface area contributed by atoms with Crippen LogP contribution in [0.2, 0.25) is 5.15 Å². The van der Waals surface area contributed by atoms with E-state index in [1.165, 1.54) is 25.7 Å². The first-order valence-corrected chi connectivity index (χ1v) is 7.26. The van der Waals surface area contributed by atoms with Gasteiger partial charge in [0, 0.05) is 12.1 Å². The number of fused-ring (bicyclic) bond motifs is 2. The molecule has 1 aromatic heterocycles. The largest absolute Gasteiger partial charge is 0.369 e. The number of anilines is 1. The van der Waals surface area contributed by atoms with Crippen LogP contribution in [0, 0.1) is 31.6 Å². The van der Waals surface area contributed by atoms with Crippen LogP contribution in [0.5, 0.6) is 0 Å². The molecule has 0 radical (unpaired) electrons. The van der Waals surface area contributed by atoms with Crippen molar-refractivity contribution in [2.24, 2.45) is 17.8 Å². The molecule has 0 amide bonds. The van der Waals surface area contributed by atoms with E-state index in [0.29, 0.717) is 5.15 Å². The minimum atomic E-state index is 0.568. The Kier molecular flexibility index (Phi) is 3.18. The summed E-state index contributed by atoms with van der Waals surface area (Å²) in [5.74, 6) is 4.42. The number of hydrogen-bond acceptors (Lipinski definition) is 3. The molecule has 2 bridgehead atoms. The SMILES string of the molecule is Cc1nc(Cl)c(C)c(NCC2CC3CCC2C3)n1. The lowest BCUT2D eigenvalue weighted by Crippen LogP contribution is -2.21. The fourth-order valence-electron chi connectivity index (χ4n) is 3.62. The van der Waals surface area contributed by atoms with Gasteiger partial charge in [-0.15, -0.1) is 0 Å². The second-order valence-electron chi connectivity index (χ2n) is 5.85. The van der Waals surface area contributed by atoms with Crippen LogP contribution in [-0.2, 0) is 0 Å². The molecule has 2 aliphatic carbocycles. The number of nitrogens with one attached hydrogen (secondary N) is 1. The zero-order chi connectivity index (χ0) is 12.7. The molecule has 0 saturated heterocycles. The first kappa shape index (κ1) is 12.2. The lowest BCUT2D eigenvalue weighted by atomic mass is 9.89. The molecule has 1 heterocycles. The Hall–Kier alpha value is -0.830. The summed E-state index contributed by atoms with van der Waals surface area (Å²) in [5.41, 5.74) is 0.963. The molecule has 2 fully saturated rings. The highest BCUT2D eigenvalue weighted by atomic mass is 35.5. The van der Waals surface area contributed by atoms with Gasteiger partial charge in [0.05, 0.1) is 0 Å². The topological polar surface area (TPSA) is 37.8 Å². The quantitative estimate of drug-likeness (QED) is 0.849. The standard InChI is InChI=1S/C14H20ClN3/c1-8-13(15)17-9(2)18-14(8)16-7-12-6-10-3-4-11(12)5-10/h10-12H,3-7H2,1-2H3,(H,16,17,18). The Bertz CT molecular complexity index is 461. The zero-order valence-corrected chi connectivity index (χ0v) is 11.8. The van der Waals surface area contributed by atoms with E-state index < -0.39 is 0 Å². The first-order valence-electron chi connectivity index (χ1n) is 6.88. The highest BCUT2D eigenvalue weighted by Crippen LogP contribution is 2.48. The summed E-state index contributed by atoms with van der Waals surface area (Å²) in [7, 11) is 0. The number of nitrogens with zero attached hydrogens (tertiary/aromatic N) is 2. The fraction of sp³-hybridized carbons (Fsp3) is 0.714. The predicted octanol–water partition coefficient (Wildman–Crippen LogP) is 3.59. The molecule has 18 heavy (non-hydrogen) atoms. The monoisotopic (exact) mass is 265 g/mol. The molecule has 0 spiro atoms. The van der Waals surface area contributed by atoms with Crippen molar-refractivity contribution in [3.05, 3.63) is 16.5 Å². The van der Waals surface area contributed by atoms with Crippen LogP contribution in [0.15, 0.2) is 0 Å². The van der Waals surface area contributed by atoms with Gasteiger partial charge in [0.1, 0.15) is 16.8 Å². The first-order chi connectivity index (χ1) is 8.63. The highest BCUT2D eigenvalue weighted by molar-refractivity contribution is 6.30. The van der Waals surface area contributed by atoms with Gasteiger partial charge in [-0.1, -0.05) is 18.0 Å². The zero-order valence-electron chi connectivity index (χ0n) is 11.0. The third kappa shape index (κ3) is 2.20. The van der Waals surface area contributed by atoms with Gasteiger partial charge < -0.3 is 5.32 Å². The number of aromatic nitrogens is 2. The number of hydrogen-bond donors (Lipinski definition) is 1. The number of rotatable bonds is 3. The van der Waals surface area contributed by atoms with Gasteiger partial charge in [0.25, 0.3) is 0 Å². The molecule has 1 N–H and O–H groups in total. The normalized spacial score (nSPS) is 29.8. The summed E-state index contributed by atoms with van der Waals surface area (Å²) in [6, 6.07) is 0. The maximum absolute atomic E-state index is 6.09. The maximum atomic E-state index is 6.09. The van der Waals surface area contributed by atoms with Crippen LogP contribution in [0.25, 0.3) is 0 Å². The summed E-state index contributed by atoms with van der Waals surface area (Å²) in [5, 5.41) is 4.05. The minimum absolute atomic E-state index is 0.568. The molecule has 1 aromatic rings. The molecular weight excluding hydrogens is 246 g/mol. The average molecular weight is 266 g/mol. The smallest absolute Gasteiger partial charge is 0.137 e. The molecule has 3 unspecified atom stereocenters. The summed E-state index contributed by atoms with van der Waals surface area (Å²) >= 11 is 6.09. The Morgan fingerprint density at radius 2 is 2.06 bits per heavy atom. The third-order valence-corrected chi connectivity index (χ3v) is 4.98. The molecule has 2 aliphatic rings. The summed E-state index contributed by atoms with van der Waals surface area (Å²) in [4.78, 5) is 8.62. The molecule has 2 saturated carbocycles. The van der Waals surface area contributed by atoms with Crippen LogP contribution in [0.3, 0.4) is 0 Å². The van der Waals surface area contributed by atoms with Crippen LogP contribution < -0.4 is 5.32 Å². The van der Waals surface area contributed by atoms with Crippen molar-refractivity contribution in [1.82, 2.24) is 9.97 Å². The second kappa shape index (κ2) is 4.69. The minimum Gasteiger partial charge on any atom is -0.369 e. The van der Waals surface area contributed by atoms with Gasteiger partial charge in [0.2, 0.25) is 0 Å². The molecule has 3 rings (SSSR count). The van der Waals surface area contributed by atoms with Crippen molar-refractivity contribution in [1.29, 1.82) is 0 Å². The maximum Gasteiger partial charge on any atom is 0.137 e. The van der Waals surface area contributed by atoms with Crippen molar-refractivity contribution >= 4 is 17.4 Å². The van der Waals surface area contributed by atoms with Crippen molar-refractivity contribution in [2.45, 2.75) is 39.5 Å². The van der Waals surface area contributed by atoms with Crippen LogP contribution in [0.1, 0.15) is 37.1 Å². The summed E-state index contributed by atoms with van der Waals surface area (Å²) < 4.78 is 0. The summed E-state index contributed by atoms with van der Waals surface area (Å²) in [6.07, 6.45) is 5.74. The van der Waals surface area contributed by atoms with Gasteiger partial charge in [-0.3, -0.25) is 0 Å². The molecule has 0 aromatic carbocycles. The van der Waals surface area contributed by atoms with Gasteiger partial charge in [-0.05, 0) is 50.9 Å². The van der Waals surface area contributed by atoms with Crippen molar-refractivity contribution < 1.29 is 0 Å². The third-order valence-electron chi connectivity index (χ3n) is 4.61. The molecule has 3 nitrogen and oxygen atoms in total. The van der Waals surface area contributed by atoms with Crippen molar-refractivity contribution in [2.75, 3.05) is 11.9 Å². The average Bonchev–Trinajstić information content (AvgIpc) is 2.93. The van der Waals surface area contributed by atoms with E-state index >= 15 is 0 Å². The van der Waals surface area contributed by atoms with Crippen molar-refractivity contribution in [3.8, 4) is 0 Å². The van der Waals surface area contributed by atoms with E-state index in [2.05, 4.69) is 15.3 Å². The van der Waals surface area contributed by atoms with Crippen LogP contribution >= 0.6 is 11.6 Å². The van der Waals surface area contributed by atoms with E-state index in [0.717, 1.165) is 41.5 Å². The highest BCUT2D eigenvalue weighted by Gasteiger charge is 2.39. The Labute approximate surface area is 113 Å². The number of aryl methyl sites for hydroxylation is 1. The predicted molar refractivity (Wildman–Crippen MR) is 73.9 cm³/mol. The van der Waals surface area contributed by atoms with E-state index in [4.69, 9.17) is 11.6 Å². The molecule has 4 heteroatoms. The van der Waals surface area contributed by atoms with Gasteiger partial charge in [0.15, 0.2) is 0 Å². The summed E-state index contributed by atoms with van der Waals surface area (Å²) in [6.45, 7) is 4.90. The molecule has 0 aliphatic heterocycles. The van der Waals surface area contributed by atoms with E-state index in [1.54, 1.807) is 0 Å². The lowest BCUT2D eigenvalue weighted by molar-refractivity contribution is 0.348. The number of halogens is 1. The molecular formula is C14H20ClN3. The molecule has 3 atom stereocenters. The van der Waals surface area contributed by atoms with Crippen LogP contribution in [0.4, 0.5) is 5.82 Å². The fourth-order valence-corrected chi connectivity index (χ4v) is 3.83. The van der Waals surface area contributed by atoms with Crippen LogP contribution in [-0.4, -0.2) is 16.5 Å².